The lowest BCUT2D eigenvalue weighted by molar-refractivity contribution is -0.152. The molecule has 2 aromatic carbocycles. The summed E-state index contributed by atoms with van der Waals surface area (Å²) >= 11 is 5.81. The third-order valence-corrected chi connectivity index (χ3v) is 5.35. The van der Waals surface area contributed by atoms with Gasteiger partial charge in [-0.15, -0.1) is 0 Å². The number of rotatable bonds is 9. The first-order valence-corrected chi connectivity index (χ1v) is 10.5. The van der Waals surface area contributed by atoms with Crippen molar-refractivity contribution in [2.75, 3.05) is 5.75 Å². The molecule has 0 heterocycles. The van der Waals surface area contributed by atoms with E-state index in [1.54, 1.807) is 54.6 Å². The summed E-state index contributed by atoms with van der Waals surface area (Å²) in [7, 11) is -3.46. The Bertz CT molecular complexity index is 936. The molecule has 0 spiro atoms. The van der Waals surface area contributed by atoms with Gasteiger partial charge in [0.05, 0.1) is 5.75 Å². The molecule has 28 heavy (non-hydrogen) atoms. The van der Waals surface area contributed by atoms with E-state index in [1.165, 1.54) is 20.0 Å². The number of ether oxygens (including phenoxy) is 1. The Morgan fingerprint density at radius 2 is 1.75 bits per heavy atom. The van der Waals surface area contributed by atoms with Gasteiger partial charge in [0, 0.05) is 11.2 Å². The maximum Gasteiger partial charge on any atom is 0.347 e. The van der Waals surface area contributed by atoms with Crippen LogP contribution in [0.2, 0.25) is 5.02 Å². The molecule has 0 atom stereocenters. The van der Waals surface area contributed by atoms with Crippen LogP contribution >= 0.6 is 11.6 Å². The standard InChI is InChI=1S/C20H22ClNO5S/c1-20(2,19(23)24)27-18-9-5-15(6-10-18)11-13-22-28(25,26)14-12-16-3-7-17(21)8-4-16/h3-11,13,22H,12,14H2,1-2H3,(H,23,24). The Hall–Kier alpha value is -2.51. The smallest absolute Gasteiger partial charge is 0.347 e. The van der Waals surface area contributed by atoms with Gasteiger partial charge in [-0.1, -0.05) is 35.9 Å². The molecule has 0 aliphatic rings. The number of carbonyl (C=O) groups is 1. The van der Waals surface area contributed by atoms with Crippen molar-refractivity contribution in [3.63, 3.8) is 0 Å². The van der Waals surface area contributed by atoms with Gasteiger partial charge < -0.3 is 9.84 Å². The highest BCUT2D eigenvalue weighted by atomic mass is 35.5. The largest absolute Gasteiger partial charge is 0.478 e. The summed E-state index contributed by atoms with van der Waals surface area (Å²) in [6, 6.07) is 13.7. The number of nitrogens with one attached hydrogen (secondary N) is 1. The molecule has 8 heteroatoms. The molecule has 0 saturated carbocycles. The monoisotopic (exact) mass is 423 g/mol. The van der Waals surface area contributed by atoms with Crippen LogP contribution in [0.25, 0.3) is 6.08 Å². The molecule has 0 amide bonds. The van der Waals surface area contributed by atoms with E-state index in [2.05, 4.69) is 4.72 Å². The second kappa shape index (κ2) is 9.12. The van der Waals surface area contributed by atoms with Crippen LogP contribution in [0.5, 0.6) is 5.75 Å². The van der Waals surface area contributed by atoms with Crippen molar-refractivity contribution < 1.29 is 23.1 Å². The number of hydrogen-bond donors (Lipinski definition) is 2. The number of halogens is 1. The SMILES string of the molecule is CC(C)(Oc1ccc(C=CNS(=O)(=O)CCc2ccc(Cl)cc2)cc1)C(=O)O. The quantitative estimate of drug-likeness (QED) is 0.641. The molecule has 150 valence electrons. The highest BCUT2D eigenvalue weighted by molar-refractivity contribution is 7.89. The maximum absolute atomic E-state index is 12.1. The molecule has 0 bridgehead atoms. The summed E-state index contributed by atoms with van der Waals surface area (Å²) in [6.45, 7) is 2.92. The fourth-order valence-corrected chi connectivity index (χ4v) is 3.21. The predicted molar refractivity (Wildman–Crippen MR) is 110 cm³/mol. The molecule has 0 aliphatic heterocycles. The second-order valence-electron chi connectivity index (χ2n) is 6.63. The van der Waals surface area contributed by atoms with Crippen molar-refractivity contribution in [1.29, 1.82) is 0 Å². The van der Waals surface area contributed by atoms with Crippen molar-refractivity contribution in [1.82, 2.24) is 4.72 Å². The van der Waals surface area contributed by atoms with E-state index in [0.717, 1.165) is 11.1 Å². The van der Waals surface area contributed by atoms with Gasteiger partial charge in [0.1, 0.15) is 5.75 Å². The molecule has 6 nitrogen and oxygen atoms in total. The first-order valence-electron chi connectivity index (χ1n) is 8.51. The number of aliphatic carboxylic acids is 1. The molecular formula is C20H22ClNO5S. The zero-order valence-corrected chi connectivity index (χ0v) is 17.1. The average molecular weight is 424 g/mol. The van der Waals surface area contributed by atoms with E-state index < -0.39 is 21.6 Å². The zero-order valence-electron chi connectivity index (χ0n) is 15.6. The van der Waals surface area contributed by atoms with Gasteiger partial charge in [-0.25, -0.2) is 13.2 Å². The number of carboxylic acids is 1. The normalized spacial score (nSPS) is 12.1. The van der Waals surface area contributed by atoms with E-state index in [9.17, 15) is 13.2 Å². The fourth-order valence-electron chi connectivity index (χ4n) is 2.18. The van der Waals surface area contributed by atoms with Gasteiger partial charge >= 0.3 is 5.97 Å². The number of sulfonamides is 1. The molecule has 0 radical (unpaired) electrons. The van der Waals surface area contributed by atoms with Crippen LogP contribution in [0.3, 0.4) is 0 Å². The molecular weight excluding hydrogens is 402 g/mol. The second-order valence-corrected chi connectivity index (χ2v) is 8.94. The topological polar surface area (TPSA) is 92.7 Å². The highest BCUT2D eigenvalue weighted by Crippen LogP contribution is 2.19. The first-order chi connectivity index (χ1) is 13.1. The Morgan fingerprint density at radius 3 is 2.32 bits per heavy atom. The molecule has 0 saturated heterocycles. The fraction of sp³-hybridized carbons (Fsp3) is 0.250. The molecule has 0 aliphatic carbocycles. The molecule has 2 N–H and O–H groups in total. The van der Waals surface area contributed by atoms with Gasteiger partial charge in [-0.3, -0.25) is 4.72 Å². The molecule has 2 aromatic rings. The van der Waals surface area contributed by atoms with Crippen LogP contribution < -0.4 is 9.46 Å². The Kier molecular flexibility index (Phi) is 7.10. The maximum atomic E-state index is 12.1. The van der Waals surface area contributed by atoms with Gasteiger partial charge in [0.15, 0.2) is 5.60 Å². The Morgan fingerprint density at radius 1 is 1.14 bits per heavy atom. The summed E-state index contributed by atoms with van der Waals surface area (Å²) in [5.74, 6) is -0.701. The van der Waals surface area contributed by atoms with Crippen molar-refractivity contribution in [2.24, 2.45) is 0 Å². The Labute approximate surface area is 169 Å². The predicted octanol–water partition coefficient (Wildman–Crippen LogP) is 3.71. The van der Waals surface area contributed by atoms with E-state index in [1.807, 2.05) is 0 Å². The number of benzene rings is 2. The van der Waals surface area contributed by atoms with Crippen LogP contribution in [0.15, 0.2) is 54.7 Å². The van der Waals surface area contributed by atoms with Gasteiger partial charge in [0.2, 0.25) is 10.0 Å². The number of hydrogen-bond acceptors (Lipinski definition) is 4. The number of carboxylic acid groups (broad SMARTS) is 1. The first kappa shape index (κ1) is 21.8. The molecule has 0 aromatic heterocycles. The van der Waals surface area contributed by atoms with Crippen LogP contribution in [-0.4, -0.2) is 30.8 Å². The molecule has 0 unspecified atom stereocenters. The van der Waals surface area contributed by atoms with E-state index in [4.69, 9.17) is 21.4 Å². The summed E-state index contributed by atoms with van der Waals surface area (Å²) in [5.41, 5.74) is 0.288. The third kappa shape index (κ3) is 6.90. The summed E-state index contributed by atoms with van der Waals surface area (Å²) in [6.07, 6.45) is 3.34. The van der Waals surface area contributed by atoms with E-state index in [0.29, 0.717) is 17.2 Å². The Balaban J connectivity index is 1.89. The van der Waals surface area contributed by atoms with Crippen LogP contribution in [-0.2, 0) is 21.2 Å². The average Bonchev–Trinajstić information content (AvgIpc) is 2.62. The molecule has 2 rings (SSSR count). The summed E-state index contributed by atoms with van der Waals surface area (Å²) in [4.78, 5) is 11.1. The number of aryl methyl sites for hydroxylation is 1. The van der Waals surface area contributed by atoms with Crippen LogP contribution in [0, 0.1) is 0 Å². The lowest BCUT2D eigenvalue weighted by Gasteiger charge is -2.21. The lowest BCUT2D eigenvalue weighted by atomic mass is 10.1. The lowest BCUT2D eigenvalue weighted by Crippen LogP contribution is -2.37. The highest BCUT2D eigenvalue weighted by Gasteiger charge is 2.29. The van der Waals surface area contributed by atoms with Crippen LogP contribution in [0.1, 0.15) is 25.0 Å². The van der Waals surface area contributed by atoms with Gasteiger partial charge in [-0.2, -0.15) is 0 Å². The minimum absolute atomic E-state index is 0.0456. The summed E-state index contributed by atoms with van der Waals surface area (Å²) in [5, 5.41) is 9.68. The zero-order chi connectivity index (χ0) is 20.8. The third-order valence-electron chi connectivity index (χ3n) is 3.86. The minimum Gasteiger partial charge on any atom is -0.478 e. The summed E-state index contributed by atoms with van der Waals surface area (Å²) < 4.78 is 32.0. The van der Waals surface area contributed by atoms with Crippen molar-refractivity contribution in [3.05, 3.63) is 70.9 Å². The minimum atomic E-state index is -3.46. The van der Waals surface area contributed by atoms with E-state index >= 15 is 0 Å². The molecule has 0 fully saturated rings. The van der Waals surface area contributed by atoms with Crippen molar-refractivity contribution in [2.45, 2.75) is 25.9 Å². The van der Waals surface area contributed by atoms with Gasteiger partial charge in [0.25, 0.3) is 0 Å². The van der Waals surface area contributed by atoms with E-state index in [-0.39, 0.29) is 5.75 Å². The van der Waals surface area contributed by atoms with Gasteiger partial charge in [-0.05, 0) is 61.7 Å². The van der Waals surface area contributed by atoms with Crippen molar-refractivity contribution in [3.8, 4) is 5.75 Å². The van der Waals surface area contributed by atoms with Crippen molar-refractivity contribution >= 4 is 33.7 Å². The van der Waals surface area contributed by atoms with Crippen LogP contribution in [0.4, 0.5) is 0 Å².